The number of carboxylic acids is 3. The van der Waals surface area contributed by atoms with E-state index in [2.05, 4.69) is 0 Å². The van der Waals surface area contributed by atoms with E-state index < -0.39 is 79.7 Å². The van der Waals surface area contributed by atoms with Crippen molar-refractivity contribution in [2.75, 3.05) is 13.2 Å². The molecular weight excluding hydrogens is 372 g/mol. The number of carboxylic acid groups (broad SMARTS) is 3. The summed E-state index contributed by atoms with van der Waals surface area (Å²) in [7, 11) is 0. The molecule has 0 aromatic carbocycles. The van der Waals surface area contributed by atoms with Crippen molar-refractivity contribution in [3.8, 4) is 0 Å². The highest BCUT2D eigenvalue weighted by Gasteiger charge is 2.29. The van der Waals surface area contributed by atoms with Gasteiger partial charge in [-0.05, 0) is 0 Å². The zero-order valence-corrected chi connectivity index (χ0v) is 13.9. The number of nitrogens with two attached hydrogens (primary N) is 1. The molecule has 152 valence electrons. The number of nitrogens with one attached hydrogen (secondary N) is 3. The Morgan fingerprint density at radius 3 is 1.70 bits per heavy atom. The Hall–Kier alpha value is -3.26. The van der Waals surface area contributed by atoms with Crippen molar-refractivity contribution in [2.45, 2.75) is 31.0 Å². The summed E-state index contributed by atoms with van der Waals surface area (Å²) in [4.78, 5) is 67.3. The predicted molar refractivity (Wildman–Crippen MR) is 84.1 cm³/mol. The Balaban J connectivity index is 5.00. The van der Waals surface area contributed by atoms with E-state index in [-0.39, 0.29) is 0 Å². The summed E-state index contributed by atoms with van der Waals surface area (Å²) in [5.74, 6) is -7.62. The molecule has 3 amide bonds. The topological polar surface area (TPSA) is 245 Å². The van der Waals surface area contributed by atoms with Crippen LogP contribution in [-0.2, 0) is 28.8 Å². The summed E-state index contributed by atoms with van der Waals surface area (Å²) in [5.41, 5.74) is 5.30. The number of aliphatic hydroxyl groups is 1. The van der Waals surface area contributed by atoms with Crippen molar-refractivity contribution < 1.29 is 49.2 Å². The first kappa shape index (κ1) is 23.7. The minimum Gasteiger partial charge on any atom is -0.481 e. The molecule has 3 unspecified atom stereocenters. The van der Waals surface area contributed by atoms with Gasteiger partial charge in [0.05, 0.1) is 25.5 Å². The van der Waals surface area contributed by atoms with Gasteiger partial charge < -0.3 is 42.1 Å². The van der Waals surface area contributed by atoms with E-state index in [1.165, 1.54) is 0 Å². The molecule has 0 rings (SSSR count). The Kier molecular flexibility index (Phi) is 10.0. The van der Waals surface area contributed by atoms with E-state index in [1.54, 1.807) is 0 Å². The van der Waals surface area contributed by atoms with Gasteiger partial charge in [-0.2, -0.15) is 0 Å². The van der Waals surface area contributed by atoms with E-state index in [4.69, 9.17) is 21.1 Å². The third-order valence-corrected chi connectivity index (χ3v) is 2.97. The first-order valence-electron chi connectivity index (χ1n) is 7.38. The molecule has 0 heterocycles. The summed E-state index contributed by atoms with van der Waals surface area (Å²) in [5, 5.41) is 40.8. The van der Waals surface area contributed by atoms with Gasteiger partial charge in [0.15, 0.2) is 0 Å². The summed E-state index contributed by atoms with van der Waals surface area (Å²) >= 11 is 0. The number of aliphatic carboxylic acids is 3. The second-order valence-corrected chi connectivity index (χ2v) is 5.22. The minimum absolute atomic E-state index is 0.745. The van der Waals surface area contributed by atoms with Crippen molar-refractivity contribution in [2.24, 2.45) is 5.73 Å². The van der Waals surface area contributed by atoms with Crippen LogP contribution in [0.3, 0.4) is 0 Å². The number of hydrogen-bond acceptors (Lipinski definition) is 8. The van der Waals surface area contributed by atoms with E-state index in [1.807, 2.05) is 16.0 Å². The molecular formula is C13H20N4O10. The fourth-order valence-electron chi connectivity index (χ4n) is 1.70. The Morgan fingerprint density at radius 2 is 1.26 bits per heavy atom. The largest absolute Gasteiger partial charge is 0.481 e. The highest BCUT2D eigenvalue weighted by Crippen LogP contribution is 1.97. The first-order valence-corrected chi connectivity index (χ1v) is 7.38. The van der Waals surface area contributed by atoms with Gasteiger partial charge in [-0.1, -0.05) is 0 Å². The zero-order chi connectivity index (χ0) is 21.1. The lowest BCUT2D eigenvalue weighted by Gasteiger charge is -2.21. The monoisotopic (exact) mass is 392 g/mol. The lowest BCUT2D eigenvalue weighted by molar-refractivity contribution is -0.141. The quantitative estimate of drug-likeness (QED) is 0.157. The molecule has 3 atom stereocenters. The van der Waals surface area contributed by atoms with Crippen molar-refractivity contribution in [3.63, 3.8) is 0 Å². The second kappa shape index (κ2) is 11.4. The standard InChI is InChI=1S/C13H20N4O10/c14-5(1-8(19)20)11(25)17-7(4-18)13(27)16-6(2-9(21)22)12(26)15-3-10(23)24/h5-7,18H,1-4,14H2,(H,15,26)(H,16,27)(H,17,25)(H,19,20)(H,21,22)(H,23,24). The molecule has 0 aromatic heterocycles. The van der Waals surface area contributed by atoms with Crippen LogP contribution in [0, 0.1) is 0 Å². The average Bonchev–Trinajstić information content (AvgIpc) is 2.55. The van der Waals surface area contributed by atoms with Crippen LogP contribution in [0.5, 0.6) is 0 Å². The Morgan fingerprint density at radius 1 is 0.741 bits per heavy atom. The summed E-state index contributed by atoms with van der Waals surface area (Å²) < 4.78 is 0. The minimum atomic E-state index is -1.69. The fraction of sp³-hybridized carbons (Fsp3) is 0.538. The molecule has 0 aliphatic rings. The van der Waals surface area contributed by atoms with Gasteiger partial charge in [-0.15, -0.1) is 0 Å². The molecule has 0 fully saturated rings. The molecule has 0 aliphatic carbocycles. The Bertz CT molecular complexity index is 608. The van der Waals surface area contributed by atoms with E-state index >= 15 is 0 Å². The zero-order valence-electron chi connectivity index (χ0n) is 13.9. The Labute approximate surface area is 151 Å². The smallest absolute Gasteiger partial charge is 0.322 e. The van der Waals surface area contributed by atoms with Gasteiger partial charge >= 0.3 is 17.9 Å². The predicted octanol–water partition coefficient (Wildman–Crippen LogP) is -4.57. The number of carbonyl (C=O) groups is 6. The molecule has 0 aliphatic heterocycles. The molecule has 0 aromatic rings. The molecule has 9 N–H and O–H groups in total. The number of aliphatic hydroxyl groups excluding tert-OH is 1. The lowest BCUT2D eigenvalue weighted by Crippen LogP contribution is -2.57. The number of rotatable bonds is 12. The van der Waals surface area contributed by atoms with Crippen molar-refractivity contribution >= 4 is 35.6 Å². The van der Waals surface area contributed by atoms with Gasteiger partial charge in [0, 0.05) is 0 Å². The molecule has 27 heavy (non-hydrogen) atoms. The summed E-state index contributed by atoms with van der Waals surface area (Å²) in [6, 6.07) is -4.85. The van der Waals surface area contributed by atoms with Gasteiger partial charge in [0.25, 0.3) is 0 Å². The summed E-state index contributed by atoms with van der Waals surface area (Å²) in [6.45, 7) is -1.79. The van der Waals surface area contributed by atoms with Crippen LogP contribution in [-0.4, -0.2) is 87.3 Å². The molecule has 0 spiro atoms. The van der Waals surface area contributed by atoms with Crippen LogP contribution in [0.4, 0.5) is 0 Å². The highest BCUT2D eigenvalue weighted by atomic mass is 16.4. The molecule has 0 bridgehead atoms. The van der Waals surface area contributed by atoms with E-state index in [0.717, 1.165) is 0 Å². The van der Waals surface area contributed by atoms with Crippen LogP contribution in [0.25, 0.3) is 0 Å². The molecule has 0 saturated carbocycles. The second-order valence-electron chi connectivity index (χ2n) is 5.22. The van der Waals surface area contributed by atoms with Crippen LogP contribution in [0.1, 0.15) is 12.8 Å². The lowest BCUT2D eigenvalue weighted by atomic mass is 10.1. The van der Waals surface area contributed by atoms with Crippen molar-refractivity contribution in [1.82, 2.24) is 16.0 Å². The van der Waals surface area contributed by atoms with Crippen LogP contribution < -0.4 is 21.7 Å². The maximum Gasteiger partial charge on any atom is 0.322 e. The SMILES string of the molecule is NC(CC(=O)O)C(=O)NC(CO)C(=O)NC(CC(=O)O)C(=O)NCC(=O)O. The summed E-state index contributed by atoms with van der Waals surface area (Å²) in [6.07, 6.45) is -1.65. The van der Waals surface area contributed by atoms with Crippen LogP contribution in [0.2, 0.25) is 0 Å². The average molecular weight is 392 g/mol. The first-order chi connectivity index (χ1) is 12.5. The third-order valence-electron chi connectivity index (χ3n) is 2.97. The molecule has 0 radical (unpaired) electrons. The maximum atomic E-state index is 12.1. The number of hydrogen-bond donors (Lipinski definition) is 8. The highest BCUT2D eigenvalue weighted by molar-refractivity contribution is 5.95. The van der Waals surface area contributed by atoms with Gasteiger partial charge in [0.1, 0.15) is 18.6 Å². The fourth-order valence-corrected chi connectivity index (χ4v) is 1.70. The molecule has 14 heteroatoms. The maximum absolute atomic E-state index is 12.1. The number of carbonyl (C=O) groups excluding carboxylic acids is 3. The molecule has 0 saturated heterocycles. The molecule has 14 nitrogen and oxygen atoms in total. The number of amides is 3. The van der Waals surface area contributed by atoms with Crippen LogP contribution >= 0.6 is 0 Å². The van der Waals surface area contributed by atoms with Crippen molar-refractivity contribution in [1.29, 1.82) is 0 Å². The van der Waals surface area contributed by atoms with Gasteiger partial charge in [-0.3, -0.25) is 28.8 Å². The third kappa shape index (κ3) is 9.71. The van der Waals surface area contributed by atoms with Gasteiger partial charge in [-0.25, -0.2) is 0 Å². The van der Waals surface area contributed by atoms with E-state index in [0.29, 0.717) is 0 Å². The van der Waals surface area contributed by atoms with Gasteiger partial charge in [0.2, 0.25) is 17.7 Å². The van der Waals surface area contributed by atoms with E-state index in [9.17, 15) is 33.9 Å². The van der Waals surface area contributed by atoms with Crippen LogP contribution in [0.15, 0.2) is 0 Å². The van der Waals surface area contributed by atoms with Crippen molar-refractivity contribution in [3.05, 3.63) is 0 Å². The normalized spacial score (nSPS) is 13.6.